The van der Waals surface area contributed by atoms with Crippen molar-refractivity contribution in [1.29, 1.82) is 5.26 Å². The van der Waals surface area contributed by atoms with Crippen molar-refractivity contribution in [3.63, 3.8) is 0 Å². The number of hydrogen-bond acceptors (Lipinski definition) is 5. The fourth-order valence-electron chi connectivity index (χ4n) is 4.25. The third kappa shape index (κ3) is 4.32. The van der Waals surface area contributed by atoms with Crippen LogP contribution in [0.25, 0.3) is 22.4 Å². The molecule has 2 aromatic heterocycles. The first-order valence-corrected chi connectivity index (χ1v) is 12.0. The number of rotatable bonds is 5. The molecular weight excluding hydrogens is 455 g/mol. The van der Waals surface area contributed by atoms with Gasteiger partial charge in [0.15, 0.2) is 5.82 Å². The molecule has 174 valence electrons. The predicted octanol–water partition coefficient (Wildman–Crippen LogP) is 4.62. The van der Waals surface area contributed by atoms with Gasteiger partial charge in [0, 0.05) is 11.4 Å². The Morgan fingerprint density at radius 2 is 1.85 bits per heavy atom. The molecular formula is C22H22F3N5O2S. The van der Waals surface area contributed by atoms with Crippen molar-refractivity contribution < 1.29 is 21.6 Å². The zero-order valence-electron chi connectivity index (χ0n) is 18.0. The van der Waals surface area contributed by atoms with Crippen LogP contribution in [0.4, 0.5) is 13.2 Å². The highest BCUT2D eigenvalue weighted by Gasteiger charge is 2.39. The van der Waals surface area contributed by atoms with E-state index in [0.29, 0.717) is 18.2 Å². The molecule has 1 aliphatic carbocycles. The molecule has 1 aromatic carbocycles. The number of benzene rings is 1. The molecule has 7 nitrogen and oxygen atoms in total. The Hall–Kier alpha value is -2.97. The average Bonchev–Trinajstić information content (AvgIpc) is 3.38. The fourth-order valence-corrected chi connectivity index (χ4v) is 5.37. The topological polar surface area (TPSA) is 101 Å². The standard InChI is InChI=1S/C22H22F3N5O2S/c1-13-7-8-19-17(9-13)18(10-26)20(30(19)15-5-3-4-6-15)21-27-11-16(12-28-21)33(31,32)29-14(2)22(23,24)25/h7-9,11-12,14-15,29H,3-6H2,1-2H3/t14-/m0/s1. The summed E-state index contributed by atoms with van der Waals surface area (Å²) in [5.74, 6) is 0.148. The van der Waals surface area contributed by atoms with E-state index in [4.69, 9.17) is 0 Å². The quantitative estimate of drug-likeness (QED) is 0.578. The van der Waals surface area contributed by atoms with Gasteiger partial charge < -0.3 is 4.57 Å². The van der Waals surface area contributed by atoms with Crippen LogP contribution in [-0.4, -0.2) is 35.2 Å². The largest absolute Gasteiger partial charge is 0.404 e. The van der Waals surface area contributed by atoms with Gasteiger partial charge >= 0.3 is 6.18 Å². The molecule has 0 amide bonds. The summed E-state index contributed by atoms with van der Waals surface area (Å²) in [5, 5.41) is 10.7. The summed E-state index contributed by atoms with van der Waals surface area (Å²) >= 11 is 0. The molecule has 1 fully saturated rings. The molecule has 3 aromatic rings. The second-order valence-electron chi connectivity index (χ2n) is 8.29. The van der Waals surface area contributed by atoms with Crippen LogP contribution in [-0.2, 0) is 10.0 Å². The van der Waals surface area contributed by atoms with Gasteiger partial charge in [-0.05, 0) is 38.8 Å². The summed E-state index contributed by atoms with van der Waals surface area (Å²) in [6, 6.07) is 5.96. The molecule has 1 atom stereocenters. The minimum Gasteiger partial charge on any atom is -0.334 e. The van der Waals surface area contributed by atoms with Gasteiger partial charge in [0.1, 0.15) is 22.7 Å². The van der Waals surface area contributed by atoms with Gasteiger partial charge in [-0.2, -0.15) is 23.2 Å². The second-order valence-corrected chi connectivity index (χ2v) is 10.0. The fraction of sp³-hybridized carbons (Fsp3) is 0.409. The van der Waals surface area contributed by atoms with Crippen molar-refractivity contribution in [2.24, 2.45) is 0 Å². The van der Waals surface area contributed by atoms with Crippen LogP contribution in [0.1, 0.15) is 49.8 Å². The number of aryl methyl sites for hydroxylation is 1. The summed E-state index contributed by atoms with van der Waals surface area (Å²) in [7, 11) is -4.48. The number of nitrogens with zero attached hydrogens (tertiary/aromatic N) is 4. The maximum absolute atomic E-state index is 12.8. The van der Waals surface area contributed by atoms with Crippen LogP contribution >= 0.6 is 0 Å². The van der Waals surface area contributed by atoms with Crippen molar-refractivity contribution >= 4 is 20.9 Å². The highest BCUT2D eigenvalue weighted by Crippen LogP contribution is 2.40. The SMILES string of the molecule is Cc1ccc2c(c1)c(C#N)c(-c1ncc(S(=O)(=O)N[C@@H](C)C(F)(F)F)cn1)n2C1CCCC1. The molecule has 0 bridgehead atoms. The average molecular weight is 478 g/mol. The van der Waals surface area contributed by atoms with Gasteiger partial charge in [-0.1, -0.05) is 24.5 Å². The Morgan fingerprint density at radius 3 is 2.42 bits per heavy atom. The van der Waals surface area contributed by atoms with Crippen LogP contribution in [0.2, 0.25) is 0 Å². The third-order valence-corrected chi connectivity index (χ3v) is 7.43. The molecule has 0 spiro atoms. The molecule has 1 N–H and O–H groups in total. The lowest BCUT2D eigenvalue weighted by molar-refractivity contribution is -0.147. The van der Waals surface area contributed by atoms with E-state index in [0.717, 1.165) is 54.5 Å². The molecule has 1 aliphatic rings. The molecule has 4 rings (SSSR count). The number of alkyl halides is 3. The second kappa shape index (κ2) is 8.43. The normalized spacial score (nSPS) is 16.2. The van der Waals surface area contributed by atoms with Gasteiger partial charge in [-0.15, -0.1) is 0 Å². The first-order valence-electron chi connectivity index (χ1n) is 10.5. The van der Waals surface area contributed by atoms with E-state index in [1.54, 1.807) is 4.72 Å². The summed E-state index contributed by atoms with van der Waals surface area (Å²) in [6.07, 6.45) is 1.18. The maximum atomic E-state index is 12.8. The van der Waals surface area contributed by atoms with E-state index in [1.807, 2.05) is 29.7 Å². The Labute approximate surface area is 189 Å². The zero-order chi connectivity index (χ0) is 24.0. The van der Waals surface area contributed by atoms with Crippen molar-refractivity contribution in [2.45, 2.75) is 62.7 Å². The van der Waals surface area contributed by atoms with Crippen LogP contribution in [0.5, 0.6) is 0 Å². The molecule has 2 heterocycles. The van der Waals surface area contributed by atoms with Gasteiger partial charge in [0.25, 0.3) is 0 Å². The van der Waals surface area contributed by atoms with E-state index in [2.05, 4.69) is 16.0 Å². The zero-order valence-corrected chi connectivity index (χ0v) is 18.8. The lowest BCUT2D eigenvalue weighted by Gasteiger charge is -2.18. The number of hydrogen-bond donors (Lipinski definition) is 1. The Morgan fingerprint density at radius 1 is 1.21 bits per heavy atom. The van der Waals surface area contributed by atoms with E-state index in [9.17, 15) is 26.9 Å². The molecule has 33 heavy (non-hydrogen) atoms. The molecule has 0 unspecified atom stereocenters. The first-order chi connectivity index (χ1) is 15.5. The van der Waals surface area contributed by atoms with Crippen molar-refractivity contribution in [2.75, 3.05) is 0 Å². The minimum absolute atomic E-state index is 0.147. The van der Waals surface area contributed by atoms with Gasteiger partial charge in [-0.3, -0.25) is 0 Å². The smallest absolute Gasteiger partial charge is 0.334 e. The molecule has 0 saturated heterocycles. The minimum atomic E-state index is -4.73. The maximum Gasteiger partial charge on any atom is 0.404 e. The number of fused-ring (bicyclic) bond motifs is 1. The van der Waals surface area contributed by atoms with E-state index in [1.165, 1.54) is 0 Å². The Balaban J connectivity index is 1.81. The first kappa shape index (κ1) is 23.2. The number of nitrogens with one attached hydrogen (secondary N) is 1. The van der Waals surface area contributed by atoms with Gasteiger partial charge in [0.05, 0.1) is 23.5 Å². The van der Waals surface area contributed by atoms with E-state index >= 15 is 0 Å². The van der Waals surface area contributed by atoms with Crippen LogP contribution in [0, 0.1) is 18.3 Å². The number of nitriles is 1. The van der Waals surface area contributed by atoms with Crippen molar-refractivity contribution in [1.82, 2.24) is 19.3 Å². The number of aromatic nitrogens is 3. The van der Waals surface area contributed by atoms with Crippen LogP contribution in [0.3, 0.4) is 0 Å². The third-order valence-electron chi connectivity index (χ3n) is 5.93. The highest BCUT2D eigenvalue weighted by molar-refractivity contribution is 7.89. The van der Waals surface area contributed by atoms with Gasteiger partial charge in [-0.25, -0.2) is 18.4 Å². The lowest BCUT2D eigenvalue weighted by atomic mass is 10.1. The highest BCUT2D eigenvalue weighted by atomic mass is 32.2. The number of sulfonamides is 1. The number of halogens is 3. The summed E-state index contributed by atoms with van der Waals surface area (Å²) in [6.45, 7) is 2.65. The molecule has 0 aliphatic heterocycles. The Bertz CT molecular complexity index is 1340. The summed E-state index contributed by atoms with van der Waals surface area (Å²) < 4.78 is 66.8. The lowest BCUT2D eigenvalue weighted by Crippen LogP contribution is -2.43. The van der Waals surface area contributed by atoms with Crippen molar-refractivity contribution in [3.05, 3.63) is 41.7 Å². The molecule has 0 radical (unpaired) electrons. The van der Waals surface area contributed by atoms with Crippen LogP contribution < -0.4 is 4.72 Å². The predicted molar refractivity (Wildman–Crippen MR) is 116 cm³/mol. The summed E-state index contributed by atoms with van der Waals surface area (Å²) in [4.78, 5) is 7.83. The van der Waals surface area contributed by atoms with E-state index in [-0.39, 0.29) is 11.9 Å². The summed E-state index contributed by atoms with van der Waals surface area (Å²) in [5.41, 5.74) is 2.74. The van der Waals surface area contributed by atoms with Crippen molar-refractivity contribution in [3.8, 4) is 17.6 Å². The molecule has 11 heteroatoms. The van der Waals surface area contributed by atoms with E-state index < -0.39 is 27.1 Å². The molecule has 1 saturated carbocycles. The Kier molecular flexibility index (Phi) is 5.92. The van der Waals surface area contributed by atoms with Gasteiger partial charge in [0.2, 0.25) is 10.0 Å². The monoisotopic (exact) mass is 477 g/mol. The van der Waals surface area contributed by atoms with Crippen LogP contribution in [0.15, 0.2) is 35.5 Å².